The van der Waals surface area contributed by atoms with E-state index in [9.17, 15) is 9.18 Å². The maximum atomic E-state index is 13.3. The highest BCUT2D eigenvalue weighted by molar-refractivity contribution is 6.42. The third-order valence-electron chi connectivity index (χ3n) is 5.05. The molecular formula is C22H21Cl2FN4O2. The van der Waals surface area contributed by atoms with Crippen LogP contribution in [0.3, 0.4) is 0 Å². The molecule has 9 heteroatoms. The summed E-state index contributed by atoms with van der Waals surface area (Å²) < 4.78 is 20.2. The standard InChI is InChI=1S/C22H21Cl2FN4O2/c23-18-6-5-17(13-19(18)24)29-21(14-20(27-29)15-1-3-16(25)4-2-15)22(30)26-7-8-28-9-11-31-12-10-28/h1-6,13-14H,7-12H2,(H,26,30). The Hall–Kier alpha value is -2.45. The van der Waals surface area contributed by atoms with Crippen LogP contribution in [-0.2, 0) is 4.74 Å². The van der Waals surface area contributed by atoms with Gasteiger partial charge in [0.15, 0.2) is 0 Å². The Balaban J connectivity index is 1.59. The first-order chi connectivity index (χ1) is 15.0. The molecule has 0 atom stereocenters. The normalized spacial score (nSPS) is 14.5. The van der Waals surface area contributed by atoms with Crippen molar-refractivity contribution < 1.29 is 13.9 Å². The number of carbonyl (C=O) groups is 1. The second kappa shape index (κ2) is 9.78. The molecule has 1 amide bonds. The summed E-state index contributed by atoms with van der Waals surface area (Å²) in [5.74, 6) is -0.603. The second-order valence-corrected chi connectivity index (χ2v) is 7.96. The van der Waals surface area contributed by atoms with Gasteiger partial charge in [0, 0.05) is 31.7 Å². The van der Waals surface area contributed by atoms with Gasteiger partial charge in [-0.1, -0.05) is 23.2 Å². The van der Waals surface area contributed by atoms with E-state index in [1.807, 2.05) is 0 Å². The number of halogens is 3. The summed E-state index contributed by atoms with van der Waals surface area (Å²) in [6.07, 6.45) is 0. The fraction of sp³-hybridized carbons (Fsp3) is 0.273. The molecule has 2 heterocycles. The zero-order chi connectivity index (χ0) is 21.8. The minimum atomic E-state index is -0.339. The molecule has 1 aliphatic heterocycles. The lowest BCUT2D eigenvalue weighted by Crippen LogP contribution is -2.41. The minimum absolute atomic E-state index is 0.264. The maximum absolute atomic E-state index is 13.3. The number of morpholine rings is 1. The summed E-state index contributed by atoms with van der Waals surface area (Å²) in [5.41, 5.74) is 2.19. The maximum Gasteiger partial charge on any atom is 0.270 e. The molecule has 1 fully saturated rings. The minimum Gasteiger partial charge on any atom is -0.379 e. The zero-order valence-electron chi connectivity index (χ0n) is 16.7. The van der Waals surface area contributed by atoms with Crippen molar-refractivity contribution in [3.8, 4) is 16.9 Å². The van der Waals surface area contributed by atoms with E-state index in [-0.39, 0.29) is 11.7 Å². The van der Waals surface area contributed by atoms with E-state index in [1.165, 1.54) is 16.8 Å². The molecule has 1 saturated heterocycles. The van der Waals surface area contributed by atoms with Crippen LogP contribution in [0.4, 0.5) is 4.39 Å². The Morgan fingerprint density at radius 1 is 1.06 bits per heavy atom. The summed E-state index contributed by atoms with van der Waals surface area (Å²) in [4.78, 5) is 15.2. The highest BCUT2D eigenvalue weighted by Crippen LogP contribution is 2.27. The topological polar surface area (TPSA) is 59.4 Å². The monoisotopic (exact) mass is 462 g/mol. The molecule has 1 aromatic heterocycles. The predicted molar refractivity (Wildman–Crippen MR) is 119 cm³/mol. The van der Waals surface area contributed by atoms with E-state index in [4.69, 9.17) is 27.9 Å². The van der Waals surface area contributed by atoms with Gasteiger partial charge in [-0.2, -0.15) is 5.10 Å². The van der Waals surface area contributed by atoms with Crippen LogP contribution in [-0.4, -0.2) is 60.0 Å². The van der Waals surface area contributed by atoms with Crippen LogP contribution in [0.25, 0.3) is 16.9 Å². The van der Waals surface area contributed by atoms with E-state index in [0.717, 1.165) is 19.6 Å². The van der Waals surface area contributed by atoms with Gasteiger partial charge >= 0.3 is 0 Å². The van der Waals surface area contributed by atoms with Crippen molar-refractivity contribution in [2.24, 2.45) is 0 Å². The molecule has 2 aromatic carbocycles. The highest BCUT2D eigenvalue weighted by atomic mass is 35.5. The van der Waals surface area contributed by atoms with Crippen molar-refractivity contribution in [2.75, 3.05) is 39.4 Å². The Morgan fingerprint density at radius 3 is 2.52 bits per heavy atom. The zero-order valence-corrected chi connectivity index (χ0v) is 18.2. The Morgan fingerprint density at radius 2 is 1.81 bits per heavy atom. The van der Waals surface area contributed by atoms with Crippen molar-refractivity contribution >= 4 is 29.1 Å². The molecule has 1 N–H and O–H groups in total. The van der Waals surface area contributed by atoms with Crippen LogP contribution in [0.5, 0.6) is 0 Å². The number of nitrogens with zero attached hydrogens (tertiary/aromatic N) is 3. The van der Waals surface area contributed by atoms with Gasteiger partial charge in [-0.05, 0) is 48.5 Å². The van der Waals surface area contributed by atoms with Gasteiger partial charge in [-0.3, -0.25) is 9.69 Å². The average Bonchev–Trinajstić information content (AvgIpc) is 3.22. The van der Waals surface area contributed by atoms with Gasteiger partial charge < -0.3 is 10.1 Å². The molecule has 3 aromatic rings. The lowest BCUT2D eigenvalue weighted by molar-refractivity contribution is 0.0383. The van der Waals surface area contributed by atoms with Crippen molar-refractivity contribution in [3.05, 3.63) is 70.1 Å². The number of benzene rings is 2. The first kappa shape index (κ1) is 21.8. The number of nitrogens with one attached hydrogen (secondary N) is 1. The molecule has 0 aliphatic carbocycles. The van der Waals surface area contributed by atoms with Crippen LogP contribution >= 0.6 is 23.2 Å². The largest absolute Gasteiger partial charge is 0.379 e. The van der Waals surface area contributed by atoms with Crippen LogP contribution < -0.4 is 5.32 Å². The summed E-state index contributed by atoms with van der Waals surface area (Å²) >= 11 is 12.2. The van der Waals surface area contributed by atoms with Gasteiger partial charge in [-0.25, -0.2) is 9.07 Å². The first-order valence-corrected chi connectivity index (χ1v) is 10.7. The summed E-state index contributed by atoms with van der Waals surface area (Å²) in [7, 11) is 0. The molecule has 31 heavy (non-hydrogen) atoms. The number of rotatable bonds is 6. The van der Waals surface area contributed by atoms with Gasteiger partial charge in [0.2, 0.25) is 0 Å². The van der Waals surface area contributed by atoms with E-state index in [0.29, 0.717) is 52.4 Å². The molecular weight excluding hydrogens is 442 g/mol. The predicted octanol–water partition coefficient (Wildman–Crippen LogP) is 4.05. The van der Waals surface area contributed by atoms with Crippen molar-refractivity contribution in [1.29, 1.82) is 0 Å². The molecule has 6 nitrogen and oxygen atoms in total. The number of amides is 1. The second-order valence-electron chi connectivity index (χ2n) is 7.14. The third-order valence-corrected chi connectivity index (χ3v) is 5.79. The van der Waals surface area contributed by atoms with Gasteiger partial charge in [0.05, 0.1) is 34.6 Å². The molecule has 1 aliphatic rings. The van der Waals surface area contributed by atoms with Crippen molar-refractivity contribution in [1.82, 2.24) is 20.0 Å². The number of ether oxygens (including phenoxy) is 1. The molecule has 4 rings (SSSR count). The Labute approximate surface area is 189 Å². The van der Waals surface area contributed by atoms with E-state index >= 15 is 0 Å². The fourth-order valence-corrected chi connectivity index (χ4v) is 3.65. The lowest BCUT2D eigenvalue weighted by atomic mass is 10.1. The smallest absolute Gasteiger partial charge is 0.270 e. The molecule has 162 valence electrons. The molecule has 0 saturated carbocycles. The Kier molecular flexibility index (Phi) is 6.87. The SMILES string of the molecule is O=C(NCCN1CCOCC1)c1cc(-c2ccc(F)cc2)nn1-c1ccc(Cl)c(Cl)c1. The third kappa shape index (κ3) is 5.25. The van der Waals surface area contributed by atoms with Crippen molar-refractivity contribution in [3.63, 3.8) is 0 Å². The molecule has 0 bridgehead atoms. The van der Waals surface area contributed by atoms with Gasteiger partial charge in [0.1, 0.15) is 11.5 Å². The lowest BCUT2D eigenvalue weighted by Gasteiger charge is -2.26. The summed E-state index contributed by atoms with van der Waals surface area (Å²) in [6, 6.07) is 12.7. The summed E-state index contributed by atoms with van der Waals surface area (Å²) in [5, 5.41) is 8.30. The molecule has 0 spiro atoms. The molecule has 0 radical (unpaired) electrons. The van der Waals surface area contributed by atoms with E-state index in [1.54, 1.807) is 36.4 Å². The van der Waals surface area contributed by atoms with Crippen LogP contribution in [0, 0.1) is 5.82 Å². The quantitative estimate of drug-likeness (QED) is 0.600. The first-order valence-electron chi connectivity index (χ1n) is 9.91. The number of carbonyl (C=O) groups excluding carboxylic acids is 1. The van der Waals surface area contributed by atoms with Crippen LogP contribution in [0.1, 0.15) is 10.5 Å². The van der Waals surface area contributed by atoms with Crippen molar-refractivity contribution in [2.45, 2.75) is 0 Å². The van der Waals surface area contributed by atoms with Gasteiger partial charge in [-0.15, -0.1) is 0 Å². The number of hydrogen-bond acceptors (Lipinski definition) is 4. The average molecular weight is 463 g/mol. The van der Waals surface area contributed by atoms with E-state index < -0.39 is 0 Å². The fourth-order valence-electron chi connectivity index (χ4n) is 3.36. The summed E-state index contributed by atoms with van der Waals surface area (Å²) in [6.45, 7) is 4.35. The van der Waals surface area contributed by atoms with Crippen LogP contribution in [0.2, 0.25) is 10.0 Å². The van der Waals surface area contributed by atoms with Crippen LogP contribution in [0.15, 0.2) is 48.5 Å². The number of aromatic nitrogens is 2. The Bertz CT molecular complexity index is 1070. The highest BCUT2D eigenvalue weighted by Gasteiger charge is 2.19. The number of hydrogen-bond donors (Lipinski definition) is 1. The van der Waals surface area contributed by atoms with Gasteiger partial charge in [0.25, 0.3) is 5.91 Å². The molecule has 0 unspecified atom stereocenters. The van der Waals surface area contributed by atoms with E-state index in [2.05, 4.69) is 15.3 Å².